The predicted octanol–water partition coefficient (Wildman–Crippen LogP) is 2.01. The van der Waals surface area contributed by atoms with Crippen LogP contribution in [0, 0.1) is 5.92 Å². The lowest BCUT2D eigenvalue weighted by molar-refractivity contribution is -0.154. The van der Waals surface area contributed by atoms with Crippen molar-refractivity contribution in [3.8, 4) is 0 Å². The highest BCUT2D eigenvalue weighted by atomic mass is 16.6. The number of carboxylic acids is 1. The van der Waals surface area contributed by atoms with Gasteiger partial charge in [-0.15, -0.1) is 0 Å². The Balaban J connectivity index is 2.02. The number of hydrogen-bond acceptors (Lipinski definition) is 4. The van der Waals surface area contributed by atoms with Gasteiger partial charge in [0.05, 0.1) is 6.42 Å². The molecular weight excluding hydrogens is 298 g/mol. The SMILES string of the molecule is CC(C)(C)OC(=O)Cc1ccc(N2CCC(C(=O)O)C2=O)cc1. The average Bonchev–Trinajstić information content (AvgIpc) is 2.79. The molecule has 124 valence electrons. The highest BCUT2D eigenvalue weighted by molar-refractivity contribution is 6.07. The minimum atomic E-state index is -1.08. The van der Waals surface area contributed by atoms with Gasteiger partial charge in [0.1, 0.15) is 11.5 Å². The van der Waals surface area contributed by atoms with Gasteiger partial charge in [-0.1, -0.05) is 12.1 Å². The molecule has 1 atom stereocenters. The fraction of sp³-hybridized carbons (Fsp3) is 0.471. The third-order valence-electron chi connectivity index (χ3n) is 3.52. The molecule has 23 heavy (non-hydrogen) atoms. The number of carboxylic acid groups (broad SMARTS) is 1. The van der Waals surface area contributed by atoms with E-state index in [-0.39, 0.29) is 12.4 Å². The number of anilines is 1. The molecule has 0 saturated carbocycles. The summed E-state index contributed by atoms with van der Waals surface area (Å²) >= 11 is 0. The Morgan fingerprint density at radius 2 is 1.87 bits per heavy atom. The Hall–Kier alpha value is -2.37. The van der Waals surface area contributed by atoms with Crippen LogP contribution in [0.2, 0.25) is 0 Å². The second-order valence-electron chi connectivity index (χ2n) is 6.60. The highest BCUT2D eigenvalue weighted by Crippen LogP contribution is 2.25. The summed E-state index contributed by atoms with van der Waals surface area (Å²) in [6.07, 6.45) is 0.469. The largest absolute Gasteiger partial charge is 0.481 e. The van der Waals surface area contributed by atoms with Crippen LogP contribution in [0.3, 0.4) is 0 Å². The second kappa shape index (κ2) is 6.40. The number of carbonyl (C=O) groups excluding carboxylic acids is 2. The lowest BCUT2D eigenvalue weighted by Crippen LogP contribution is -2.30. The van der Waals surface area contributed by atoms with Gasteiger partial charge in [-0.2, -0.15) is 0 Å². The van der Waals surface area contributed by atoms with Crippen LogP contribution in [-0.4, -0.2) is 35.1 Å². The summed E-state index contributed by atoms with van der Waals surface area (Å²) in [6.45, 7) is 5.82. The summed E-state index contributed by atoms with van der Waals surface area (Å²) in [4.78, 5) is 36.3. The molecule has 1 unspecified atom stereocenters. The number of aliphatic carboxylic acids is 1. The van der Waals surface area contributed by atoms with Crippen LogP contribution in [0.25, 0.3) is 0 Å². The summed E-state index contributed by atoms with van der Waals surface area (Å²) in [6, 6.07) is 6.95. The molecule has 0 radical (unpaired) electrons. The number of ether oxygens (including phenoxy) is 1. The molecule has 6 nitrogen and oxygen atoms in total. The van der Waals surface area contributed by atoms with Crippen molar-refractivity contribution in [2.75, 3.05) is 11.4 Å². The number of amides is 1. The first-order valence-corrected chi connectivity index (χ1v) is 7.52. The maximum absolute atomic E-state index is 12.0. The van der Waals surface area contributed by atoms with Crippen molar-refractivity contribution in [3.05, 3.63) is 29.8 Å². The minimum absolute atomic E-state index is 0.156. The van der Waals surface area contributed by atoms with Gasteiger partial charge >= 0.3 is 11.9 Å². The first kappa shape index (κ1) is 17.0. The van der Waals surface area contributed by atoms with Crippen molar-refractivity contribution >= 4 is 23.5 Å². The highest BCUT2D eigenvalue weighted by Gasteiger charge is 2.37. The van der Waals surface area contributed by atoms with Gasteiger partial charge in [0.15, 0.2) is 0 Å². The third-order valence-corrected chi connectivity index (χ3v) is 3.52. The van der Waals surface area contributed by atoms with Gasteiger partial charge < -0.3 is 14.7 Å². The fourth-order valence-electron chi connectivity index (χ4n) is 2.50. The molecular formula is C17H21NO5. The Labute approximate surface area is 135 Å². The van der Waals surface area contributed by atoms with E-state index in [1.165, 1.54) is 4.90 Å². The van der Waals surface area contributed by atoms with Crippen LogP contribution >= 0.6 is 0 Å². The van der Waals surface area contributed by atoms with Gasteiger partial charge in [0, 0.05) is 12.2 Å². The molecule has 6 heteroatoms. The van der Waals surface area contributed by atoms with Crippen molar-refractivity contribution in [1.82, 2.24) is 0 Å². The van der Waals surface area contributed by atoms with Crippen molar-refractivity contribution in [3.63, 3.8) is 0 Å². The number of nitrogens with zero attached hydrogens (tertiary/aromatic N) is 1. The lowest BCUT2D eigenvalue weighted by Gasteiger charge is -2.20. The van der Waals surface area contributed by atoms with E-state index < -0.39 is 23.4 Å². The maximum Gasteiger partial charge on any atom is 0.316 e. The van der Waals surface area contributed by atoms with Gasteiger partial charge in [-0.25, -0.2) is 0 Å². The first-order valence-electron chi connectivity index (χ1n) is 7.52. The van der Waals surface area contributed by atoms with E-state index in [2.05, 4.69) is 0 Å². The normalized spacial score (nSPS) is 18.1. The Kier molecular flexibility index (Phi) is 4.73. The van der Waals surface area contributed by atoms with Crippen LogP contribution in [0.1, 0.15) is 32.8 Å². The molecule has 1 fully saturated rings. The number of esters is 1. The first-order chi connectivity index (χ1) is 10.7. The monoisotopic (exact) mass is 319 g/mol. The van der Waals surface area contributed by atoms with Crippen LogP contribution in [-0.2, 0) is 25.5 Å². The van der Waals surface area contributed by atoms with Crippen molar-refractivity contribution in [2.24, 2.45) is 5.92 Å². The third kappa shape index (κ3) is 4.31. The molecule has 1 saturated heterocycles. The van der Waals surface area contributed by atoms with E-state index in [0.717, 1.165) is 5.56 Å². The topological polar surface area (TPSA) is 83.9 Å². The quantitative estimate of drug-likeness (QED) is 0.678. The van der Waals surface area contributed by atoms with Gasteiger partial charge in [-0.05, 0) is 44.9 Å². The molecule has 1 amide bonds. The molecule has 1 aromatic carbocycles. The summed E-state index contributed by atoms with van der Waals surface area (Å²) in [7, 11) is 0. The molecule has 0 bridgehead atoms. The molecule has 2 rings (SSSR count). The van der Waals surface area contributed by atoms with Gasteiger partial charge in [-0.3, -0.25) is 14.4 Å². The molecule has 0 aromatic heterocycles. The summed E-state index contributed by atoms with van der Waals surface area (Å²) in [5.41, 5.74) is 0.904. The lowest BCUT2D eigenvalue weighted by atomic mass is 10.1. The molecule has 1 aromatic rings. The second-order valence-corrected chi connectivity index (χ2v) is 6.60. The molecule has 1 aliphatic heterocycles. The molecule has 0 aliphatic carbocycles. The summed E-state index contributed by atoms with van der Waals surface area (Å²) in [5, 5.41) is 8.99. The van der Waals surface area contributed by atoms with Crippen LogP contribution in [0.15, 0.2) is 24.3 Å². The summed E-state index contributed by atoms with van der Waals surface area (Å²) in [5.74, 6) is -2.75. The van der Waals surface area contributed by atoms with Crippen LogP contribution < -0.4 is 4.90 Å². The zero-order valence-electron chi connectivity index (χ0n) is 13.5. The zero-order valence-corrected chi connectivity index (χ0v) is 13.5. The van der Waals surface area contributed by atoms with E-state index >= 15 is 0 Å². The van der Waals surface area contributed by atoms with Crippen LogP contribution in [0.5, 0.6) is 0 Å². The summed E-state index contributed by atoms with van der Waals surface area (Å²) < 4.78 is 5.26. The van der Waals surface area contributed by atoms with Gasteiger partial charge in [0.25, 0.3) is 0 Å². The standard InChI is InChI=1S/C17H21NO5/c1-17(2,3)23-14(19)10-11-4-6-12(7-5-11)18-9-8-13(15(18)20)16(21)22/h4-7,13H,8-10H2,1-3H3,(H,21,22). The zero-order chi connectivity index (χ0) is 17.2. The van der Waals surface area contributed by atoms with E-state index in [0.29, 0.717) is 18.7 Å². The Bertz CT molecular complexity index is 615. The average molecular weight is 319 g/mol. The molecule has 1 N–H and O–H groups in total. The Morgan fingerprint density at radius 3 is 2.35 bits per heavy atom. The van der Waals surface area contributed by atoms with E-state index in [4.69, 9.17) is 9.84 Å². The number of rotatable bonds is 4. The predicted molar refractivity (Wildman–Crippen MR) is 84.1 cm³/mol. The molecule has 0 spiro atoms. The fourth-order valence-corrected chi connectivity index (χ4v) is 2.50. The van der Waals surface area contributed by atoms with E-state index in [9.17, 15) is 14.4 Å². The van der Waals surface area contributed by atoms with Gasteiger partial charge in [0.2, 0.25) is 5.91 Å². The number of benzene rings is 1. The van der Waals surface area contributed by atoms with Crippen molar-refractivity contribution in [1.29, 1.82) is 0 Å². The number of carbonyl (C=O) groups is 3. The van der Waals surface area contributed by atoms with E-state index in [1.54, 1.807) is 24.3 Å². The Morgan fingerprint density at radius 1 is 1.26 bits per heavy atom. The van der Waals surface area contributed by atoms with Crippen LogP contribution in [0.4, 0.5) is 5.69 Å². The minimum Gasteiger partial charge on any atom is -0.481 e. The van der Waals surface area contributed by atoms with Crippen molar-refractivity contribution in [2.45, 2.75) is 39.2 Å². The number of hydrogen-bond donors (Lipinski definition) is 1. The van der Waals surface area contributed by atoms with Crippen molar-refractivity contribution < 1.29 is 24.2 Å². The maximum atomic E-state index is 12.0. The molecule has 1 aliphatic rings. The van der Waals surface area contributed by atoms with E-state index in [1.807, 2.05) is 20.8 Å². The molecule has 1 heterocycles. The smallest absolute Gasteiger partial charge is 0.316 e.